The van der Waals surface area contributed by atoms with Gasteiger partial charge in [-0.3, -0.25) is 9.59 Å². The second kappa shape index (κ2) is 8.75. The smallest absolute Gasteiger partial charge is 0.274 e. The van der Waals surface area contributed by atoms with Crippen molar-refractivity contribution in [3.8, 4) is 10.4 Å². The number of fused-ring (bicyclic) bond motifs is 1. The van der Waals surface area contributed by atoms with Crippen molar-refractivity contribution in [2.75, 3.05) is 13.1 Å². The van der Waals surface area contributed by atoms with Gasteiger partial charge >= 0.3 is 0 Å². The van der Waals surface area contributed by atoms with Gasteiger partial charge in [0, 0.05) is 18.1 Å². The highest BCUT2D eigenvalue weighted by atomic mass is 35.5. The first-order valence-corrected chi connectivity index (χ1v) is 12.5. The minimum atomic E-state index is -0.266. The topological polar surface area (TPSA) is 62.3 Å². The van der Waals surface area contributed by atoms with Crippen LogP contribution in [0.3, 0.4) is 0 Å². The molecule has 1 aromatic heterocycles. The predicted molar refractivity (Wildman–Crippen MR) is 132 cm³/mol. The summed E-state index contributed by atoms with van der Waals surface area (Å²) in [4.78, 5) is 33.8. The summed E-state index contributed by atoms with van der Waals surface area (Å²) < 4.78 is 0. The van der Waals surface area contributed by atoms with E-state index >= 15 is 0 Å². The van der Waals surface area contributed by atoms with Crippen LogP contribution in [0.2, 0.25) is 10.0 Å². The van der Waals surface area contributed by atoms with Crippen molar-refractivity contribution in [3.63, 3.8) is 0 Å². The number of benzene rings is 2. The molecule has 1 saturated heterocycles. The molecular weight excluding hydrogens is 477 g/mol. The predicted octanol–water partition coefficient (Wildman–Crippen LogP) is 5.62. The van der Waals surface area contributed by atoms with Crippen LogP contribution in [-0.4, -0.2) is 40.8 Å². The Bertz CT molecular complexity index is 1260. The van der Waals surface area contributed by atoms with Crippen LogP contribution in [0, 0.1) is 25.7 Å². The molecular formula is C25H23Cl2N3O2S. The number of hydrogen-bond acceptors (Lipinski definition) is 4. The molecule has 1 unspecified atom stereocenters. The van der Waals surface area contributed by atoms with Crippen LogP contribution in [0.4, 0.5) is 0 Å². The quantitative estimate of drug-likeness (QED) is 0.495. The maximum Gasteiger partial charge on any atom is 0.274 e. The number of nitrogens with zero attached hydrogens (tertiary/aromatic N) is 2. The van der Waals surface area contributed by atoms with E-state index in [9.17, 15) is 9.59 Å². The van der Waals surface area contributed by atoms with Gasteiger partial charge in [0.2, 0.25) is 0 Å². The number of amides is 2. The van der Waals surface area contributed by atoms with Crippen molar-refractivity contribution in [1.29, 1.82) is 0 Å². The fraction of sp³-hybridized carbons (Fsp3) is 0.320. The SMILES string of the molecule is Cc1cccc(-c2sc(C)nc2C(=O)N2C[C@@H]3CC3[C@H]2CNC(=O)c2ccc(Cl)cc2Cl)c1. The van der Waals surface area contributed by atoms with E-state index in [4.69, 9.17) is 23.2 Å². The summed E-state index contributed by atoms with van der Waals surface area (Å²) in [5.74, 6) is 0.583. The zero-order valence-corrected chi connectivity index (χ0v) is 20.6. The molecule has 1 aliphatic carbocycles. The third kappa shape index (κ3) is 4.39. The Morgan fingerprint density at radius 1 is 1.18 bits per heavy atom. The minimum Gasteiger partial charge on any atom is -0.350 e. The summed E-state index contributed by atoms with van der Waals surface area (Å²) in [6, 6.07) is 12.9. The number of hydrogen-bond donors (Lipinski definition) is 1. The average molecular weight is 500 g/mol. The number of rotatable bonds is 5. The Morgan fingerprint density at radius 3 is 2.76 bits per heavy atom. The number of nitrogens with one attached hydrogen (secondary N) is 1. The zero-order valence-electron chi connectivity index (χ0n) is 18.3. The number of likely N-dealkylation sites (tertiary alicyclic amines) is 1. The van der Waals surface area contributed by atoms with Gasteiger partial charge < -0.3 is 10.2 Å². The van der Waals surface area contributed by atoms with Crippen molar-refractivity contribution < 1.29 is 9.59 Å². The van der Waals surface area contributed by atoms with E-state index in [1.807, 2.05) is 36.9 Å². The molecule has 1 saturated carbocycles. The van der Waals surface area contributed by atoms with Gasteiger partial charge in [-0.05, 0) is 55.9 Å². The fourth-order valence-electron chi connectivity index (χ4n) is 4.72. The number of halogens is 2. The number of carbonyl (C=O) groups excluding carboxylic acids is 2. The first-order chi connectivity index (χ1) is 15.8. The first-order valence-electron chi connectivity index (χ1n) is 10.9. The van der Waals surface area contributed by atoms with Crippen LogP contribution in [0.1, 0.15) is 37.8 Å². The highest BCUT2D eigenvalue weighted by Crippen LogP contribution is 2.50. The van der Waals surface area contributed by atoms with Crippen molar-refractivity contribution in [1.82, 2.24) is 15.2 Å². The lowest BCUT2D eigenvalue weighted by molar-refractivity contribution is 0.0690. The molecule has 1 N–H and O–H groups in total. The third-order valence-corrected chi connectivity index (χ3v) is 8.00. The van der Waals surface area contributed by atoms with E-state index in [-0.39, 0.29) is 17.9 Å². The third-order valence-electron chi connectivity index (χ3n) is 6.43. The van der Waals surface area contributed by atoms with Gasteiger partial charge in [-0.1, -0.05) is 53.0 Å². The summed E-state index contributed by atoms with van der Waals surface area (Å²) in [7, 11) is 0. The van der Waals surface area contributed by atoms with E-state index in [2.05, 4.69) is 16.4 Å². The second-order valence-corrected chi connectivity index (χ2v) is 10.8. The number of aromatic nitrogens is 1. The Balaban J connectivity index is 1.35. The van der Waals surface area contributed by atoms with E-state index < -0.39 is 0 Å². The highest BCUT2D eigenvalue weighted by Gasteiger charge is 2.54. The molecule has 0 spiro atoms. The van der Waals surface area contributed by atoms with Gasteiger partial charge in [0.05, 0.1) is 26.5 Å². The van der Waals surface area contributed by atoms with Crippen LogP contribution < -0.4 is 5.32 Å². The molecule has 8 heteroatoms. The molecule has 5 rings (SSSR count). The van der Waals surface area contributed by atoms with E-state index in [0.717, 1.165) is 27.4 Å². The number of piperidine rings is 1. The minimum absolute atomic E-state index is 0.0510. The molecule has 2 fully saturated rings. The van der Waals surface area contributed by atoms with Gasteiger partial charge in [-0.2, -0.15) is 0 Å². The Morgan fingerprint density at radius 2 is 2.00 bits per heavy atom. The molecule has 5 nitrogen and oxygen atoms in total. The van der Waals surface area contributed by atoms with Gasteiger partial charge in [0.25, 0.3) is 11.8 Å². The largest absolute Gasteiger partial charge is 0.350 e. The molecule has 2 aromatic carbocycles. The normalized spacial score (nSPS) is 21.1. The standard InChI is InChI=1S/C25H23Cl2N3O2S/c1-13-4-3-5-15(8-13)23-22(29-14(2)33-23)25(32)30-12-16-9-19(16)21(30)11-28-24(31)18-7-6-17(26)10-20(18)27/h3-8,10,16,19,21H,9,11-12H2,1-2H3,(H,28,31)/t16-,19?,21+/m0/s1. The Hall–Kier alpha value is -2.41. The molecule has 3 aromatic rings. The monoisotopic (exact) mass is 499 g/mol. The molecule has 0 radical (unpaired) electrons. The summed E-state index contributed by atoms with van der Waals surface area (Å²) >= 11 is 13.7. The zero-order chi connectivity index (χ0) is 23.3. The van der Waals surface area contributed by atoms with Gasteiger partial charge in [0.1, 0.15) is 5.69 Å². The molecule has 33 heavy (non-hydrogen) atoms. The van der Waals surface area contributed by atoms with E-state index in [0.29, 0.717) is 46.2 Å². The van der Waals surface area contributed by atoms with Crippen molar-refractivity contribution in [2.24, 2.45) is 11.8 Å². The van der Waals surface area contributed by atoms with Gasteiger partial charge in [0.15, 0.2) is 0 Å². The number of aryl methyl sites for hydroxylation is 2. The fourth-order valence-corrected chi connectivity index (χ4v) is 6.12. The molecule has 2 heterocycles. The lowest BCUT2D eigenvalue weighted by Crippen LogP contribution is -2.45. The maximum absolute atomic E-state index is 13.6. The summed E-state index contributed by atoms with van der Waals surface area (Å²) in [5, 5.41) is 4.63. The number of thiazole rings is 1. The Kier molecular flexibility index (Phi) is 5.93. The highest BCUT2D eigenvalue weighted by molar-refractivity contribution is 7.15. The van der Waals surface area contributed by atoms with Crippen molar-refractivity contribution >= 4 is 46.4 Å². The van der Waals surface area contributed by atoms with Gasteiger partial charge in [-0.15, -0.1) is 11.3 Å². The molecule has 170 valence electrons. The van der Waals surface area contributed by atoms with Crippen LogP contribution in [0.5, 0.6) is 0 Å². The summed E-state index contributed by atoms with van der Waals surface area (Å²) in [6.45, 7) is 5.05. The van der Waals surface area contributed by atoms with Crippen LogP contribution in [-0.2, 0) is 0 Å². The molecule has 0 bridgehead atoms. The van der Waals surface area contributed by atoms with Crippen molar-refractivity contribution in [2.45, 2.75) is 26.3 Å². The lowest BCUT2D eigenvalue weighted by Gasteiger charge is -2.27. The van der Waals surface area contributed by atoms with Crippen LogP contribution in [0.25, 0.3) is 10.4 Å². The first kappa shape index (κ1) is 22.4. The molecule has 2 amide bonds. The van der Waals surface area contributed by atoms with E-state index in [1.165, 1.54) is 0 Å². The molecule has 3 atom stereocenters. The molecule has 2 aliphatic rings. The van der Waals surface area contributed by atoms with E-state index in [1.54, 1.807) is 29.5 Å². The summed E-state index contributed by atoms with van der Waals surface area (Å²) in [6.07, 6.45) is 1.09. The van der Waals surface area contributed by atoms with Gasteiger partial charge in [-0.25, -0.2) is 4.98 Å². The van der Waals surface area contributed by atoms with Crippen LogP contribution in [0.15, 0.2) is 42.5 Å². The molecule has 1 aliphatic heterocycles. The lowest BCUT2D eigenvalue weighted by atomic mass is 10.1. The Labute approximate surface area is 206 Å². The second-order valence-electron chi connectivity index (χ2n) is 8.80. The van der Waals surface area contributed by atoms with Crippen molar-refractivity contribution in [3.05, 3.63) is 74.3 Å². The average Bonchev–Trinajstić information content (AvgIpc) is 3.28. The maximum atomic E-state index is 13.6. The van der Waals surface area contributed by atoms with Crippen LogP contribution >= 0.6 is 34.5 Å². The summed E-state index contributed by atoms with van der Waals surface area (Å²) in [5.41, 5.74) is 3.03. The number of carbonyl (C=O) groups is 2.